The summed E-state index contributed by atoms with van der Waals surface area (Å²) in [6, 6.07) is 2.14. The Morgan fingerprint density at radius 3 is 2.54 bits per heavy atom. The number of hydrogen-bond acceptors (Lipinski definition) is 6. The van der Waals surface area contributed by atoms with Crippen LogP contribution in [0.1, 0.15) is 94.6 Å². The third-order valence-electron chi connectivity index (χ3n) is 7.67. The van der Waals surface area contributed by atoms with Gasteiger partial charge in [0.2, 0.25) is 0 Å². The van der Waals surface area contributed by atoms with Crippen molar-refractivity contribution in [2.45, 2.75) is 78.6 Å². The van der Waals surface area contributed by atoms with E-state index < -0.39 is 5.91 Å². The molecule has 186 valence electrons. The predicted molar refractivity (Wildman–Crippen MR) is 146 cm³/mol. The molecule has 2 aliphatic carbocycles. The molecule has 0 saturated carbocycles. The van der Waals surface area contributed by atoms with E-state index in [1.807, 2.05) is 0 Å². The number of nitrogen functional groups attached to an aromatic ring is 1. The molecule has 0 bridgehead atoms. The number of nitrogens with one attached hydrogen (secondary N) is 1. The number of primary amides is 1. The van der Waals surface area contributed by atoms with Gasteiger partial charge in [-0.05, 0) is 73.5 Å². The number of carbonyl (C=O) groups is 2. The Bertz CT molecular complexity index is 1320. The van der Waals surface area contributed by atoms with Crippen molar-refractivity contribution >= 4 is 55.4 Å². The number of pyridine rings is 1. The molecular weight excluding hydrogens is 476 g/mol. The zero-order valence-corrected chi connectivity index (χ0v) is 22.4. The minimum absolute atomic E-state index is 0.188. The fraction of sp³-hybridized carbons (Fsp3) is 0.519. The largest absolute Gasteiger partial charge is 0.397 e. The van der Waals surface area contributed by atoms with Gasteiger partial charge in [-0.3, -0.25) is 9.59 Å². The van der Waals surface area contributed by atoms with Crippen molar-refractivity contribution in [3.05, 3.63) is 38.2 Å². The van der Waals surface area contributed by atoms with Crippen molar-refractivity contribution in [1.82, 2.24) is 4.98 Å². The summed E-state index contributed by atoms with van der Waals surface area (Å²) in [6.07, 6.45) is 9.50. The lowest BCUT2D eigenvalue weighted by atomic mass is 9.72. The average Bonchev–Trinajstić information content (AvgIpc) is 3.29. The summed E-state index contributed by atoms with van der Waals surface area (Å²) in [6.45, 7) is 6.77. The second-order valence-corrected chi connectivity index (χ2v) is 13.1. The van der Waals surface area contributed by atoms with Gasteiger partial charge in [-0.15, -0.1) is 22.7 Å². The summed E-state index contributed by atoms with van der Waals surface area (Å²) >= 11 is 2.82. The van der Waals surface area contributed by atoms with E-state index in [-0.39, 0.29) is 11.3 Å². The number of nitrogens with two attached hydrogens (primary N) is 2. The molecule has 0 radical (unpaired) electrons. The normalized spacial score (nSPS) is 18.4. The molecule has 8 heteroatoms. The quantitative estimate of drug-likeness (QED) is 0.395. The van der Waals surface area contributed by atoms with Crippen molar-refractivity contribution in [1.29, 1.82) is 0 Å². The maximum Gasteiger partial charge on any atom is 0.268 e. The summed E-state index contributed by atoms with van der Waals surface area (Å²) in [5, 5.41) is 4.39. The lowest BCUT2D eigenvalue weighted by molar-refractivity contribution is 0.1000. The molecule has 0 spiro atoms. The van der Waals surface area contributed by atoms with E-state index in [0.717, 1.165) is 71.3 Å². The first-order valence-corrected chi connectivity index (χ1v) is 14.2. The highest BCUT2D eigenvalue weighted by molar-refractivity contribution is 7.21. The summed E-state index contributed by atoms with van der Waals surface area (Å²) < 4.78 is 0. The first kappa shape index (κ1) is 24.3. The Labute approximate surface area is 214 Å². The average molecular weight is 511 g/mol. The molecule has 0 aromatic carbocycles. The van der Waals surface area contributed by atoms with Crippen LogP contribution in [-0.4, -0.2) is 16.8 Å². The van der Waals surface area contributed by atoms with Crippen molar-refractivity contribution in [2.75, 3.05) is 11.1 Å². The summed E-state index contributed by atoms with van der Waals surface area (Å²) in [7, 11) is 0. The number of thiophene rings is 2. The number of fused-ring (bicyclic) bond motifs is 3. The number of aromatic nitrogens is 1. The third kappa shape index (κ3) is 4.58. The maximum absolute atomic E-state index is 13.4. The Balaban J connectivity index is 1.47. The molecule has 0 fully saturated rings. The van der Waals surface area contributed by atoms with Crippen LogP contribution in [0.15, 0.2) is 6.07 Å². The highest BCUT2D eigenvalue weighted by Crippen LogP contribution is 2.44. The molecule has 2 aliphatic rings. The molecular formula is C27H34N4O2S2. The SMILES string of the molecule is CC(C)(C)C1CCc2c(sc(NC(=O)c3sc4nc5c(cc4c3N)CCCCCC5)c2C(N)=O)C1. The fourth-order valence-electron chi connectivity index (χ4n) is 5.52. The molecule has 3 heterocycles. The predicted octanol–water partition coefficient (Wildman–Crippen LogP) is 6.10. The Morgan fingerprint density at radius 2 is 1.83 bits per heavy atom. The minimum Gasteiger partial charge on any atom is -0.397 e. The van der Waals surface area contributed by atoms with Crippen molar-refractivity contribution in [3.8, 4) is 0 Å². The standard InChI is InChI=1S/C27H34N4O2S2/c1-27(2,3)15-10-11-16-19(13-15)34-26(20(16)23(29)32)31-24(33)22-21(28)17-12-14-8-6-4-5-7-9-18(14)30-25(17)35-22/h12,15H,4-11,13,28H2,1-3H3,(H2,29,32)(H,31,33). The van der Waals surface area contributed by atoms with Crippen LogP contribution >= 0.6 is 22.7 Å². The van der Waals surface area contributed by atoms with E-state index in [9.17, 15) is 9.59 Å². The lowest BCUT2D eigenvalue weighted by Crippen LogP contribution is -2.27. The molecule has 5 rings (SSSR count). The van der Waals surface area contributed by atoms with Gasteiger partial charge >= 0.3 is 0 Å². The summed E-state index contributed by atoms with van der Waals surface area (Å²) in [4.78, 5) is 33.1. The second kappa shape index (κ2) is 9.21. The number of amides is 2. The van der Waals surface area contributed by atoms with Crippen molar-refractivity contribution in [2.24, 2.45) is 17.1 Å². The van der Waals surface area contributed by atoms with Gasteiger partial charge in [0.25, 0.3) is 11.8 Å². The molecule has 3 aromatic rings. The third-order valence-corrected chi connectivity index (χ3v) is 9.95. The fourth-order valence-corrected chi connectivity index (χ4v) is 7.83. The van der Waals surface area contributed by atoms with Gasteiger partial charge in [0.05, 0.1) is 11.3 Å². The second-order valence-electron chi connectivity index (χ2n) is 11.0. The molecule has 35 heavy (non-hydrogen) atoms. The van der Waals surface area contributed by atoms with E-state index in [4.69, 9.17) is 16.5 Å². The van der Waals surface area contributed by atoms with Crippen LogP contribution < -0.4 is 16.8 Å². The Kier molecular flexibility index (Phi) is 6.38. The molecule has 2 amide bonds. The van der Waals surface area contributed by atoms with Gasteiger partial charge in [-0.1, -0.05) is 33.6 Å². The van der Waals surface area contributed by atoms with E-state index in [1.54, 1.807) is 0 Å². The number of anilines is 2. The van der Waals surface area contributed by atoms with E-state index in [1.165, 1.54) is 41.1 Å². The van der Waals surface area contributed by atoms with Crippen LogP contribution in [0.3, 0.4) is 0 Å². The minimum atomic E-state index is -0.488. The maximum atomic E-state index is 13.4. The van der Waals surface area contributed by atoms with Crippen molar-refractivity contribution in [3.63, 3.8) is 0 Å². The van der Waals surface area contributed by atoms with Gasteiger partial charge in [-0.2, -0.15) is 0 Å². The highest BCUT2D eigenvalue weighted by Gasteiger charge is 2.34. The summed E-state index contributed by atoms with van der Waals surface area (Å²) in [5.41, 5.74) is 16.8. The first-order chi connectivity index (χ1) is 16.6. The smallest absolute Gasteiger partial charge is 0.268 e. The van der Waals surface area contributed by atoms with Gasteiger partial charge in [0, 0.05) is 16.0 Å². The monoisotopic (exact) mass is 510 g/mol. The molecule has 0 aliphatic heterocycles. The Hall–Kier alpha value is -2.45. The number of aryl methyl sites for hydroxylation is 2. The highest BCUT2D eigenvalue weighted by atomic mass is 32.1. The molecule has 1 unspecified atom stereocenters. The van der Waals surface area contributed by atoms with Crippen LogP contribution in [0, 0.1) is 11.3 Å². The Morgan fingerprint density at radius 1 is 1.09 bits per heavy atom. The number of nitrogens with zero attached hydrogens (tertiary/aromatic N) is 1. The van der Waals surface area contributed by atoms with E-state index in [2.05, 4.69) is 32.2 Å². The first-order valence-electron chi connectivity index (χ1n) is 12.6. The molecule has 6 nitrogen and oxygen atoms in total. The van der Waals surface area contributed by atoms with Crippen LogP contribution in [0.2, 0.25) is 0 Å². The zero-order chi connectivity index (χ0) is 24.9. The van der Waals surface area contributed by atoms with Crippen molar-refractivity contribution < 1.29 is 9.59 Å². The summed E-state index contributed by atoms with van der Waals surface area (Å²) in [5.74, 6) is -0.258. The van der Waals surface area contributed by atoms with Crippen LogP contribution in [0.4, 0.5) is 10.7 Å². The van der Waals surface area contributed by atoms with Crippen LogP contribution in [0.5, 0.6) is 0 Å². The van der Waals surface area contributed by atoms with Gasteiger partial charge in [-0.25, -0.2) is 4.98 Å². The topological polar surface area (TPSA) is 111 Å². The van der Waals surface area contributed by atoms with Gasteiger partial charge in [0.1, 0.15) is 14.7 Å². The van der Waals surface area contributed by atoms with Crippen LogP contribution in [-0.2, 0) is 25.7 Å². The molecule has 3 aromatic heterocycles. The lowest BCUT2D eigenvalue weighted by Gasteiger charge is -2.33. The number of rotatable bonds is 3. The number of carbonyl (C=O) groups excluding carboxylic acids is 2. The number of hydrogen-bond donors (Lipinski definition) is 3. The van der Waals surface area contributed by atoms with E-state index in [0.29, 0.717) is 27.0 Å². The van der Waals surface area contributed by atoms with Gasteiger partial charge in [0.15, 0.2) is 0 Å². The van der Waals surface area contributed by atoms with E-state index >= 15 is 0 Å². The molecule has 0 saturated heterocycles. The molecule has 5 N–H and O–H groups in total. The zero-order valence-electron chi connectivity index (χ0n) is 20.8. The molecule has 1 atom stereocenters. The van der Waals surface area contributed by atoms with Gasteiger partial charge < -0.3 is 16.8 Å². The van der Waals surface area contributed by atoms with Crippen LogP contribution in [0.25, 0.3) is 10.2 Å².